The van der Waals surface area contributed by atoms with Crippen LogP contribution in [0.1, 0.15) is 48.6 Å². The van der Waals surface area contributed by atoms with Crippen molar-refractivity contribution >= 4 is 22.4 Å². The predicted octanol–water partition coefficient (Wildman–Crippen LogP) is 4.23. The first-order chi connectivity index (χ1) is 10.9. The zero-order chi connectivity index (χ0) is 17.0. The highest BCUT2D eigenvalue weighted by Crippen LogP contribution is 2.37. The minimum atomic E-state index is -0.0213. The van der Waals surface area contributed by atoms with E-state index >= 15 is 0 Å². The van der Waals surface area contributed by atoms with Gasteiger partial charge in [0.1, 0.15) is 0 Å². The largest absolute Gasteiger partial charge is 0.330 e. The molecule has 23 heavy (non-hydrogen) atoms. The molecule has 1 aromatic carbocycles. The van der Waals surface area contributed by atoms with Gasteiger partial charge < -0.3 is 11.1 Å². The average Bonchev–Trinajstić information content (AvgIpc) is 2.91. The Morgan fingerprint density at radius 3 is 2.74 bits per heavy atom. The molecule has 0 aliphatic rings. The Balaban J connectivity index is 2.36. The number of carbonyl (C=O) groups excluding carboxylic acids is 1. The van der Waals surface area contributed by atoms with Crippen LogP contribution < -0.4 is 11.1 Å². The van der Waals surface area contributed by atoms with Crippen molar-refractivity contribution in [1.82, 2.24) is 4.98 Å². The highest BCUT2D eigenvalue weighted by atomic mass is 32.1. The summed E-state index contributed by atoms with van der Waals surface area (Å²) in [5, 5.41) is 3.58. The second kappa shape index (κ2) is 7.70. The van der Waals surface area contributed by atoms with Crippen molar-refractivity contribution in [2.75, 3.05) is 11.9 Å². The minimum Gasteiger partial charge on any atom is -0.330 e. The number of benzene rings is 1. The zero-order valence-corrected chi connectivity index (χ0v) is 15.1. The topological polar surface area (TPSA) is 68.0 Å². The Hall–Kier alpha value is -1.72. The van der Waals surface area contributed by atoms with E-state index in [4.69, 9.17) is 10.7 Å². The van der Waals surface area contributed by atoms with Crippen LogP contribution in [0.15, 0.2) is 18.2 Å². The molecule has 0 unspecified atom stereocenters. The van der Waals surface area contributed by atoms with Crippen LogP contribution in [0, 0.1) is 13.8 Å². The van der Waals surface area contributed by atoms with Gasteiger partial charge in [-0.05, 0) is 44.4 Å². The van der Waals surface area contributed by atoms with Crippen molar-refractivity contribution in [1.29, 1.82) is 0 Å². The number of nitrogens with one attached hydrogen (secondary N) is 1. The number of anilines is 1. The van der Waals surface area contributed by atoms with Crippen LogP contribution in [0.3, 0.4) is 0 Å². The standard InChI is InChI=1S/C18H25N3OS/c1-11(2)17-16(14-10-12(3)7-8-13(14)4)21-18(23-17)20-15(22)6-5-9-19/h7-8,10-11H,5-6,9,19H2,1-4H3,(H,20,21,22). The van der Waals surface area contributed by atoms with Crippen molar-refractivity contribution in [3.8, 4) is 11.3 Å². The van der Waals surface area contributed by atoms with Gasteiger partial charge in [-0.25, -0.2) is 4.98 Å². The van der Waals surface area contributed by atoms with E-state index in [1.807, 2.05) is 0 Å². The van der Waals surface area contributed by atoms with Crippen molar-refractivity contribution in [3.05, 3.63) is 34.2 Å². The monoisotopic (exact) mass is 331 g/mol. The molecule has 2 rings (SSSR count). The fourth-order valence-corrected chi connectivity index (χ4v) is 3.40. The molecule has 0 saturated carbocycles. The van der Waals surface area contributed by atoms with Gasteiger partial charge in [-0.2, -0.15) is 0 Å². The summed E-state index contributed by atoms with van der Waals surface area (Å²) in [4.78, 5) is 17.8. The summed E-state index contributed by atoms with van der Waals surface area (Å²) in [5.74, 6) is 0.337. The number of thiazole rings is 1. The maximum atomic E-state index is 11.9. The van der Waals surface area contributed by atoms with Crippen molar-refractivity contribution in [3.63, 3.8) is 0 Å². The zero-order valence-electron chi connectivity index (χ0n) is 14.3. The lowest BCUT2D eigenvalue weighted by Gasteiger charge is -2.09. The normalized spacial score (nSPS) is 11.0. The molecule has 0 saturated heterocycles. The van der Waals surface area contributed by atoms with Gasteiger partial charge in [-0.15, -0.1) is 11.3 Å². The number of hydrogen-bond donors (Lipinski definition) is 2. The number of hydrogen-bond acceptors (Lipinski definition) is 4. The van der Waals surface area contributed by atoms with Crippen LogP contribution in [0.4, 0.5) is 5.13 Å². The SMILES string of the molecule is Cc1ccc(C)c(-c2nc(NC(=O)CCCN)sc2C(C)C)c1. The summed E-state index contributed by atoms with van der Waals surface area (Å²) in [5.41, 5.74) is 9.99. The van der Waals surface area contributed by atoms with E-state index in [0.717, 1.165) is 11.3 Å². The highest BCUT2D eigenvalue weighted by Gasteiger charge is 2.18. The Labute approximate surface area is 142 Å². The number of carbonyl (C=O) groups is 1. The smallest absolute Gasteiger partial charge is 0.226 e. The summed E-state index contributed by atoms with van der Waals surface area (Å²) >= 11 is 1.56. The Kier molecular flexibility index (Phi) is 5.91. The summed E-state index contributed by atoms with van der Waals surface area (Å²) in [6.07, 6.45) is 1.13. The van der Waals surface area contributed by atoms with Crippen LogP contribution in [-0.4, -0.2) is 17.4 Å². The van der Waals surface area contributed by atoms with Crippen LogP contribution in [-0.2, 0) is 4.79 Å². The lowest BCUT2D eigenvalue weighted by atomic mass is 9.99. The fraction of sp³-hybridized carbons (Fsp3) is 0.444. The number of amides is 1. The molecule has 1 amide bonds. The third kappa shape index (κ3) is 4.39. The molecule has 124 valence electrons. The lowest BCUT2D eigenvalue weighted by molar-refractivity contribution is -0.116. The average molecular weight is 331 g/mol. The molecule has 3 N–H and O–H groups in total. The van der Waals surface area contributed by atoms with E-state index in [9.17, 15) is 4.79 Å². The maximum absolute atomic E-state index is 11.9. The first-order valence-electron chi connectivity index (χ1n) is 8.00. The number of aryl methyl sites for hydroxylation is 2. The molecule has 0 aliphatic carbocycles. The summed E-state index contributed by atoms with van der Waals surface area (Å²) in [6, 6.07) is 6.39. The van der Waals surface area contributed by atoms with E-state index in [1.54, 1.807) is 11.3 Å². The molecule has 0 atom stereocenters. The van der Waals surface area contributed by atoms with E-state index in [0.29, 0.717) is 30.4 Å². The van der Waals surface area contributed by atoms with E-state index in [2.05, 4.69) is 51.2 Å². The summed E-state index contributed by atoms with van der Waals surface area (Å²) in [7, 11) is 0. The number of rotatable bonds is 6. The van der Waals surface area contributed by atoms with Gasteiger partial charge in [0.15, 0.2) is 5.13 Å². The molecular weight excluding hydrogens is 306 g/mol. The van der Waals surface area contributed by atoms with Gasteiger partial charge in [-0.3, -0.25) is 4.79 Å². The Morgan fingerprint density at radius 1 is 1.35 bits per heavy atom. The van der Waals surface area contributed by atoms with Crippen LogP contribution >= 0.6 is 11.3 Å². The van der Waals surface area contributed by atoms with Crippen LogP contribution in [0.2, 0.25) is 0 Å². The molecule has 1 aromatic heterocycles. The predicted molar refractivity (Wildman–Crippen MR) is 98.0 cm³/mol. The Bertz CT molecular complexity index is 692. The fourth-order valence-electron chi connectivity index (χ4n) is 2.41. The quantitative estimate of drug-likeness (QED) is 0.832. The molecule has 1 heterocycles. The molecule has 4 nitrogen and oxygen atoms in total. The first-order valence-corrected chi connectivity index (χ1v) is 8.82. The van der Waals surface area contributed by atoms with Gasteiger partial charge in [0.05, 0.1) is 5.69 Å². The van der Waals surface area contributed by atoms with Crippen molar-refractivity contribution < 1.29 is 4.79 Å². The molecule has 0 radical (unpaired) electrons. The molecule has 0 bridgehead atoms. The molecule has 0 fully saturated rings. The van der Waals surface area contributed by atoms with Crippen LogP contribution in [0.5, 0.6) is 0 Å². The van der Waals surface area contributed by atoms with Gasteiger partial charge in [0.25, 0.3) is 0 Å². The van der Waals surface area contributed by atoms with E-state index in [1.165, 1.54) is 16.0 Å². The number of aromatic nitrogens is 1. The minimum absolute atomic E-state index is 0.0213. The summed E-state index contributed by atoms with van der Waals surface area (Å²) in [6.45, 7) is 9.01. The molecule has 0 spiro atoms. The van der Waals surface area contributed by atoms with E-state index in [-0.39, 0.29) is 5.91 Å². The molecule has 5 heteroatoms. The first kappa shape index (κ1) is 17.6. The third-order valence-corrected chi connectivity index (χ3v) is 4.95. The van der Waals surface area contributed by atoms with Gasteiger partial charge in [0.2, 0.25) is 5.91 Å². The highest BCUT2D eigenvalue weighted by molar-refractivity contribution is 7.16. The number of nitrogens with two attached hydrogens (primary N) is 1. The van der Waals surface area contributed by atoms with Gasteiger partial charge in [0, 0.05) is 16.9 Å². The van der Waals surface area contributed by atoms with Crippen molar-refractivity contribution in [2.24, 2.45) is 5.73 Å². The van der Waals surface area contributed by atoms with Gasteiger partial charge >= 0.3 is 0 Å². The third-order valence-electron chi connectivity index (χ3n) is 3.68. The molecular formula is C18H25N3OS. The molecule has 0 aliphatic heterocycles. The van der Waals surface area contributed by atoms with Gasteiger partial charge in [-0.1, -0.05) is 31.5 Å². The number of nitrogens with zero attached hydrogens (tertiary/aromatic N) is 1. The van der Waals surface area contributed by atoms with Crippen LogP contribution in [0.25, 0.3) is 11.3 Å². The maximum Gasteiger partial charge on any atom is 0.226 e. The lowest BCUT2D eigenvalue weighted by Crippen LogP contribution is -2.13. The summed E-state index contributed by atoms with van der Waals surface area (Å²) < 4.78 is 0. The molecule has 2 aromatic rings. The second-order valence-corrected chi connectivity index (χ2v) is 7.18. The second-order valence-electron chi connectivity index (χ2n) is 6.15. The van der Waals surface area contributed by atoms with E-state index < -0.39 is 0 Å². The van der Waals surface area contributed by atoms with Crippen molar-refractivity contribution in [2.45, 2.75) is 46.5 Å². The Morgan fingerprint density at radius 2 is 2.09 bits per heavy atom.